The Hall–Kier alpha value is -3.09. The van der Waals surface area contributed by atoms with E-state index in [0.717, 1.165) is 59.6 Å². The molecule has 1 aliphatic heterocycles. The number of nitrogens with zero attached hydrogens (tertiary/aromatic N) is 3. The van der Waals surface area contributed by atoms with Gasteiger partial charge in [-0.25, -0.2) is 9.97 Å². The van der Waals surface area contributed by atoms with Crippen molar-refractivity contribution in [3.63, 3.8) is 0 Å². The van der Waals surface area contributed by atoms with Crippen LogP contribution in [0.1, 0.15) is 24.0 Å². The molecule has 7 heteroatoms. The lowest BCUT2D eigenvalue weighted by Crippen LogP contribution is -2.49. The summed E-state index contributed by atoms with van der Waals surface area (Å²) in [5.41, 5.74) is 4.18. The minimum Gasteiger partial charge on any atom is -0.376 e. The summed E-state index contributed by atoms with van der Waals surface area (Å²) in [5.74, 6) is 0.947. The highest BCUT2D eigenvalue weighted by Gasteiger charge is 2.24. The molecule has 146 valence electrons. The Morgan fingerprint density at radius 1 is 1.25 bits per heavy atom. The van der Waals surface area contributed by atoms with Gasteiger partial charge in [-0.05, 0) is 43.9 Å². The standard InChI is InChI=1S/C21H26N6O/c1-14-5-3-6-15(2)19(14)23-11-18(28)26-16-7-4-10-27(12-16)21-17-8-9-22-20(17)24-13-25-21/h3,5-6,8-9,13,16,23H,4,7,10-12H2,1-2H3,(H,26,28)(H,22,24,25)/t16-/m1/s1. The molecule has 2 aromatic heterocycles. The van der Waals surface area contributed by atoms with Gasteiger partial charge in [0.25, 0.3) is 0 Å². The van der Waals surface area contributed by atoms with E-state index in [4.69, 9.17) is 0 Å². The molecule has 1 aliphatic rings. The fourth-order valence-corrected chi connectivity index (χ4v) is 3.94. The van der Waals surface area contributed by atoms with Crippen LogP contribution in [0, 0.1) is 13.8 Å². The fourth-order valence-electron chi connectivity index (χ4n) is 3.94. The maximum absolute atomic E-state index is 12.5. The third-order valence-electron chi connectivity index (χ3n) is 5.33. The number of anilines is 2. The van der Waals surface area contributed by atoms with E-state index in [-0.39, 0.29) is 18.5 Å². The molecule has 0 radical (unpaired) electrons. The van der Waals surface area contributed by atoms with Crippen LogP contribution in [0.25, 0.3) is 11.0 Å². The van der Waals surface area contributed by atoms with Gasteiger partial charge >= 0.3 is 0 Å². The number of hydrogen-bond donors (Lipinski definition) is 3. The van der Waals surface area contributed by atoms with Crippen molar-refractivity contribution >= 4 is 28.4 Å². The van der Waals surface area contributed by atoms with E-state index in [0.29, 0.717) is 0 Å². The molecule has 28 heavy (non-hydrogen) atoms. The van der Waals surface area contributed by atoms with Gasteiger partial charge in [0.05, 0.1) is 11.9 Å². The molecule has 7 nitrogen and oxygen atoms in total. The highest BCUT2D eigenvalue weighted by Crippen LogP contribution is 2.25. The van der Waals surface area contributed by atoms with E-state index in [1.807, 2.05) is 18.3 Å². The van der Waals surface area contributed by atoms with Gasteiger partial charge in [-0.15, -0.1) is 0 Å². The number of H-pyrrole nitrogens is 1. The van der Waals surface area contributed by atoms with Crippen molar-refractivity contribution < 1.29 is 4.79 Å². The summed E-state index contributed by atoms with van der Waals surface area (Å²) < 4.78 is 0. The first-order chi connectivity index (χ1) is 13.6. The van der Waals surface area contributed by atoms with Crippen LogP contribution < -0.4 is 15.5 Å². The molecule has 1 fully saturated rings. The molecule has 1 atom stereocenters. The number of aryl methyl sites for hydroxylation is 2. The first kappa shape index (κ1) is 18.3. The second-order valence-corrected chi connectivity index (χ2v) is 7.41. The van der Waals surface area contributed by atoms with E-state index < -0.39 is 0 Å². The Labute approximate surface area is 164 Å². The molecule has 0 unspecified atom stereocenters. The molecule has 3 aromatic rings. The molecule has 0 aliphatic carbocycles. The Bertz CT molecular complexity index is 962. The van der Waals surface area contributed by atoms with Gasteiger partial charge < -0.3 is 20.5 Å². The first-order valence-corrected chi connectivity index (χ1v) is 9.74. The van der Waals surface area contributed by atoms with Crippen molar-refractivity contribution in [2.24, 2.45) is 0 Å². The topological polar surface area (TPSA) is 85.9 Å². The molecule has 0 spiro atoms. The van der Waals surface area contributed by atoms with Crippen LogP contribution in [0.4, 0.5) is 11.5 Å². The molecule has 0 saturated carbocycles. The van der Waals surface area contributed by atoms with Gasteiger partial charge in [-0.1, -0.05) is 18.2 Å². The number of benzene rings is 1. The van der Waals surface area contributed by atoms with E-state index in [1.54, 1.807) is 6.33 Å². The molecule has 4 rings (SSSR count). The van der Waals surface area contributed by atoms with Crippen molar-refractivity contribution in [3.8, 4) is 0 Å². The molecular weight excluding hydrogens is 352 g/mol. The summed E-state index contributed by atoms with van der Waals surface area (Å²) in [5, 5.41) is 7.48. The van der Waals surface area contributed by atoms with Crippen LogP contribution in [0.3, 0.4) is 0 Å². The van der Waals surface area contributed by atoms with Crippen molar-refractivity contribution in [1.29, 1.82) is 0 Å². The smallest absolute Gasteiger partial charge is 0.239 e. The molecular formula is C21H26N6O. The van der Waals surface area contributed by atoms with Crippen LogP contribution in [0.15, 0.2) is 36.8 Å². The highest BCUT2D eigenvalue weighted by molar-refractivity contribution is 5.87. The lowest BCUT2D eigenvalue weighted by molar-refractivity contribution is -0.120. The number of aromatic nitrogens is 3. The number of fused-ring (bicyclic) bond motifs is 1. The number of para-hydroxylation sites is 1. The Morgan fingerprint density at radius 3 is 2.89 bits per heavy atom. The Kier molecular flexibility index (Phi) is 5.14. The normalized spacial score (nSPS) is 16.9. The largest absolute Gasteiger partial charge is 0.376 e. The lowest BCUT2D eigenvalue weighted by atomic mass is 10.1. The summed E-state index contributed by atoms with van der Waals surface area (Å²) in [6.45, 7) is 6.07. The molecule has 1 aromatic carbocycles. The van der Waals surface area contributed by atoms with E-state index in [1.165, 1.54) is 0 Å². The summed E-state index contributed by atoms with van der Waals surface area (Å²) in [7, 11) is 0. The highest BCUT2D eigenvalue weighted by atomic mass is 16.2. The monoisotopic (exact) mass is 378 g/mol. The van der Waals surface area contributed by atoms with Gasteiger partial charge in [0, 0.05) is 31.0 Å². The molecule has 3 N–H and O–H groups in total. The van der Waals surface area contributed by atoms with Crippen molar-refractivity contribution in [1.82, 2.24) is 20.3 Å². The van der Waals surface area contributed by atoms with Gasteiger partial charge in [-0.2, -0.15) is 0 Å². The lowest BCUT2D eigenvalue weighted by Gasteiger charge is -2.34. The fraction of sp³-hybridized carbons (Fsp3) is 0.381. The van der Waals surface area contributed by atoms with Crippen LogP contribution in [-0.2, 0) is 4.79 Å². The third-order valence-corrected chi connectivity index (χ3v) is 5.33. The van der Waals surface area contributed by atoms with Gasteiger partial charge in [0.1, 0.15) is 17.8 Å². The number of amides is 1. The summed E-state index contributed by atoms with van der Waals surface area (Å²) >= 11 is 0. The predicted octanol–water partition coefficient (Wildman–Crippen LogP) is 2.77. The average molecular weight is 378 g/mol. The second kappa shape index (κ2) is 7.88. The number of aromatic amines is 1. The first-order valence-electron chi connectivity index (χ1n) is 9.74. The van der Waals surface area contributed by atoms with Crippen LogP contribution in [0.2, 0.25) is 0 Å². The van der Waals surface area contributed by atoms with E-state index in [2.05, 4.69) is 56.5 Å². The average Bonchev–Trinajstić information content (AvgIpc) is 3.16. The van der Waals surface area contributed by atoms with Gasteiger partial charge in [-0.3, -0.25) is 4.79 Å². The number of nitrogens with one attached hydrogen (secondary N) is 3. The van der Waals surface area contributed by atoms with Crippen molar-refractivity contribution in [2.75, 3.05) is 29.9 Å². The quantitative estimate of drug-likeness (QED) is 0.636. The summed E-state index contributed by atoms with van der Waals surface area (Å²) in [6.07, 6.45) is 5.47. The second-order valence-electron chi connectivity index (χ2n) is 7.41. The number of piperidine rings is 1. The molecule has 3 heterocycles. The van der Waals surface area contributed by atoms with Crippen LogP contribution in [-0.4, -0.2) is 46.5 Å². The minimum absolute atomic E-state index is 0.0176. The Balaban J connectivity index is 1.37. The van der Waals surface area contributed by atoms with Gasteiger partial charge in [0.15, 0.2) is 0 Å². The molecule has 1 amide bonds. The zero-order valence-corrected chi connectivity index (χ0v) is 16.3. The maximum atomic E-state index is 12.5. The predicted molar refractivity (Wildman–Crippen MR) is 112 cm³/mol. The van der Waals surface area contributed by atoms with E-state index in [9.17, 15) is 4.79 Å². The SMILES string of the molecule is Cc1cccc(C)c1NCC(=O)N[C@@H]1CCCN(c2ncnc3[nH]ccc23)C1. The zero-order valence-electron chi connectivity index (χ0n) is 16.3. The maximum Gasteiger partial charge on any atom is 0.239 e. The van der Waals surface area contributed by atoms with Crippen molar-refractivity contribution in [2.45, 2.75) is 32.7 Å². The van der Waals surface area contributed by atoms with Gasteiger partial charge in [0.2, 0.25) is 5.91 Å². The number of rotatable bonds is 5. The van der Waals surface area contributed by atoms with Crippen molar-refractivity contribution in [3.05, 3.63) is 47.9 Å². The van der Waals surface area contributed by atoms with E-state index >= 15 is 0 Å². The number of carbonyl (C=O) groups excluding carboxylic acids is 1. The summed E-state index contributed by atoms with van der Waals surface area (Å²) in [6, 6.07) is 8.25. The summed E-state index contributed by atoms with van der Waals surface area (Å²) in [4.78, 5) is 26.6. The number of hydrogen-bond acceptors (Lipinski definition) is 5. The van der Waals surface area contributed by atoms with Crippen LogP contribution in [0.5, 0.6) is 0 Å². The molecule has 0 bridgehead atoms. The zero-order chi connectivity index (χ0) is 19.5. The third kappa shape index (κ3) is 3.78. The number of carbonyl (C=O) groups is 1. The molecule has 1 saturated heterocycles. The Morgan fingerprint density at radius 2 is 2.07 bits per heavy atom. The van der Waals surface area contributed by atoms with Crippen LogP contribution >= 0.6 is 0 Å². The minimum atomic E-state index is 0.0176.